The Morgan fingerprint density at radius 1 is 1.62 bits per heavy atom. The predicted octanol–water partition coefficient (Wildman–Crippen LogP) is 0.537. The van der Waals surface area contributed by atoms with Crippen LogP contribution in [0, 0.1) is 0 Å². The Morgan fingerprint density at radius 2 is 2.38 bits per heavy atom. The molecule has 0 saturated carbocycles. The Labute approximate surface area is 76.5 Å². The van der Waals surface area contributed by atoms with Gasteiger partial charge in [-0.3, -0.25) is 14.8 Å². The van der Waals surface area contributed by atoms with Gasteiger partial charge in [-0.05, 0) is 12.5 Å². The maximum atomic E-state index is 10.4. The van der Waals surface area contributed by atoms with Gasteiger partial charge in [-0.25, -0.2) is 0 Å². The molecule has 1 amide bonds. The molecule has 1 rings (SSSR count). The number of hydrogen-bond acceptors (Lipinski definition) is 3. The van der Waals surface area contributed by atoms with Crippen LogP contribution in [-0.2, 0) is 11.2 Å². The van der Waals surface area contributed by atoms with Crippen LogP contribution in [0.4, 0.5) is 0 Å². The molecule has 0 atom stereocenters. The Kier molecular flexibility index (Phi) is 3.14. The van der Waals surface area contributed by atoms with Crippen molar-refractivity contribution in [3.8, 4) is 0 Å². The zero-order valence-corrected chi connectivity index (χ0v) is 7.40. The number of nitrogens with two attached hydrogens (primary N) is 1. The van der Waals surface area contributed by atoms with E-state index in [1.54, 1.807) is 18.5 Å². The number of rotatable bonds is 3. The third-order valence-electron chi connectivity index (χ3n) is 1.48. The van der Waals surface area contributed by atoms with Crippen LogP contribution in [0.5, 0.6) is 0 Å². The second-order valence-electron chi connectivity index (χ2n) is 2.52. The molecule has 2 N–H and O–H groups in total. The van der Waals surface area contributed by atoms with Gasteiger partial charge in [0.15, 0.2) is 0 Å². The SMILES string of the molecule is CCc1cncc(/C=C/C(N)=O)n1. The molecule has 1 aromatic heterocycles. The van der Waals surface area contributed by atoms with Crippen LogP contribution in [0.1, 0.15) is 18.3 Å². The van der Waals surface area contributed by atoms with Crippen LogP contribution in [0.2, 0.25) is 0 Å². The van der Waals surface area contributed by atoms with Crippen LogP contribution < -0.4 is 5.73 Å². The van der Waals surface area contributed by atoms with E-state index in [9.17, 15) is 4.79 Å². The summed E-state index contributed by atoms with van der Waals surface area (Å²) in [5.74, 6) is -0.483. The molecule has 0 radical (unpaired) electrons. The predicted molar refractivity (Wildman–Crippen MR) is 49.6 cm³/mol. The van der Waals surface area contributed by atoms with Crippen molar-refractivity contribution in [1.29, 1.82) is 0 Å². The molecule has 1 aromatic rings. The van der Waals surface area contributed by atoms with Crippen molar-refractivity contribution < 1.29 is 4.79 Å². The number of amides is 1. The lowest BCUT2D eigenvalue weighted by Crippen LogP contribution is -2.05. The van der Waals surface area contributed by atoms with Gasteiger partial charge in [0.25, 0.3) is 0 Å². The molecule has 0 bridgehead atoms. The summed E-state index contributed by atoms with van der Waals surface area (Å²) in [6.45, 7) is 1.99. The second-order valence-corrected chi connectivity index (χ2v) is 2.52. The van der Waals surface area contributed by atoms with Crippen molar-refractivity contribution in [2.24, 2.45) is 5.73 Å². The van der Waals surface area contributed by atoms with E-state index < -0.39 is 5.91 Å². The minimum Gasteiger partial charge on any atom is -0.366 e. The smallest absolute Gasteiger partial charge is 0.241 e. The molecule has 4 heteroatoms. The van der Waals surface area contributed by atoms with Gasteiger partial charge < -0.3 is 5.73 Å². The van der Waals surface area contributed by atoms with E-state index >= 15 is 0 Å². The molecule has 68 valence electrons. The maximum absolute atomic E-state index is 10.4. The molecule has 0 aliphatic carbocycles. The summed E-state index contributed by atoms with van der Waals surface area (Å²) in [6, 6.07) is 0. The van der Waals surface area contributed by atoms with Crippen LogP contribution in [0.3, 0.4) is 0 Å². The lowest BCUT2D eigenvalue weighted by atomic mass is 10.3. The van der Waals surface area contributed by atoms with Crippen molar-refractivity contribution in [1.82, 2.24) is 9.97 Å². The van der Waals surface area contributed by atoms with E-state index in [-0.39, 0.29) is 0 Å². The van der Waals surface area contributed by atoms with Gasteiger partial charge in [0, 0.05) is 12.3 Å². The molecular formula is C9H11N3O. The Morgan fingerprint density at radius 3 is 3.00 bits per heavy atom. The summed E-state index contributed by atoms with van der Waals surface area (Å²) < 4.78 is 0. The zero-order valence-electron chi connectivity index (χ0n) is 7.40. The highest BCUT2D eigenvalue weighted by Gasteiger charge is 1.93. The molecule has 0 spiro atoms. The van der Waals surface area contributed by atoms with E-state index in [4.69, 9.17) is 5.73 Å². The van der Waals surface area contributed by atoms with Crippen molar-refractivity contribution in [2.45, 2.75) is 13.3 Å². The Balaban J connectivity index is 2.83. The van der Waals surface area contributed by atoms with E-state index in [1.807, 2.05) is 6.92 Å². The Bertz CT molecular complexity index is 333. The summed E-state index contributed by atoms with van der Waals surface area (Å²) in [5.41, 5.74) is 6.48. The van der Waals surface area contributed by atoms with Crippen LogP contribution in [0.15, 0.2) is 18.5 Å². The minimum absolute atomic E-state index is 0.483. The first kappa shape index (κ1) is 9.38. The lowest BCUT2D eigenvalue weighted by Gasteiger charge is -1.95. The molecule has 1 heterocycles. The fraction of sp³-hybridized carbons (Fsp3) is 0.222. The molecule has 0 unspecified atom stereocenters. The molecule has 0 aromatic carbocycles. The average molecular weight is 177 g/mol. The van der Waals surface area contributed by atoms with E-state index in [2.05, 4.69) is 9.97 Å². The van der Waals surface area contributed by atoms with Crippen LogP contribution in [-0.4, -0.2) is 15.9 Å². The first-order valence-corrected chi connectivity index (χ1v) is 4.01. The first-order chi connectivity index (χ1) is 6.22. The monoisotopic (exact) mass is 177 g/mol. The summed E-state index contributed by atoms with van der Waals surface area (Å²) in [4.78, 5) is 18.6. The third-order valence-corrected chi connectivity index (χ3v) is 1.48. The Hall–Kier alpha value is -1.71. The largest absolute Gasteiger partial charge is 0.366 e. The molecule has 0 aliphatic rings. The van der Waals surface area contributed by atoms with Crippen molar-refractivity contribution in [2.75, 3.05) is 0 Å². The highest BCUT2D eigenvalue weighted by atomic mass is 16.1. The second kappa shape index (κ2) is 4.35. The van der Waals surface area contributed by atoms with Gasteiger partial charge in [0.05, 0.1) is 17.6 Å². The maximum Gasteiger partial charge on any atom is 0.241 e. The fourth-order valence-corrected chi connectivity index (χ4v) is 0.841. The zero-order chi connectivity index (χ0) is 9.68. The molecule has 0 aliphatic heterocycles. The minimum atomic E-state index is -0.483. The quantitative estimate of drug-likeness (QED) is 0.685. The van der Waals surface area contributed by atoms with E-state index in [0.29, 0.717) is 5.69 Å². The highest BCUT2D eigenvalue weighted by Crippen LogP contribution is 1.98. The molecule has 4 nitrogen and oxygen atoms in total. The van der Waals surface area contributed by atoms with Gasteiger partial charge in [-0.15, -0.1) is 0 Å². The van der Waals surface area contributed by atoms with Gasteiger partial charge in [-0.1, -0.05) is 6.92 Å². The normalized spacial score (nSPS) is 10.5. The van der Waals surface area contributed by atoms with Crippen molar-refractivity contribution in [3.05, 3.63) is 29.9 Å². The number of aryl methyl sites for hydroxylation is 1. The number of hydrogen-bond donors (Lipinski definition) is 1. The highest BCUT2D eigenvalue weighted by molar-refractivity contribution is 5.89. The summed E-state index contributed by atoms with van der Waals surface area (Å²) in [7, 11) is 0. The fourth-order valence-electron chi connectivity index (χ4n) is 0.841. The lowest BCUT2D eigenvalue weighted by molar-refractivity contribution is -0.113. The number of carbonyl (C=O) groups excluding carboxylic acids is 1. The van der Waals surface area contributed by atoms with E-state index in [1.165, 1.54) is 6.08 Å². The standard InChI is InChI=1S/C9H11N3O/c1-2-7-5-11-6-8(12-7)3-4-9(10)13/h3-6H,2H2,1H3,(H2,10,13)/b4-3+. The number of carbonyl (C=O) groups is 1. The average Bonchev–Trinajstić information content (AvgIpc) is 2.15. The van der Waals surface area contributed by atoms with Crippen molar-refractivity contribution >= 4 is 12.0 Å². The number of nitrogens with zero attached hydrogens (tertiary/aromatic N) is 2. The molecule has 13 heavy (non-hydrogen) atoms. The van der Waals surface area contributed by atoms with Gasteiger partial charge in [0.2, 0.25) is 5.91 Å². The molecular weight excluding hydrogens is 166 g/mol. The summed E-state index contributed by atoms with van der Waals surface area (Å²) in [6.07, 6.45) is 6.92. The summed E-state index contributed by atoms with van der Waals surface area (Å²) in [5, 5.41) is 0. The van der Waals surface area contributed by atoms with Crippen LogP contribution in [0.25, 0.3) is 6.08 Å². The third kappa shape index (κ3) is 3.02. The first-order valence-electron chi connectivity index (χ1n) is 4.01. The molecule has 0 saturated heterocycles. The topological polar surface area (TPSA) is 68.9 Å². The van der Waals surface area contributed by atoms with Crippen LogP contribution >= 0.6 is 0 Å². The van der Waals surface area contributed by atoms with Gasteiger partial charge in [-0.2, -0.15) is 0 Å². The summed E-state index contributed by atoms with van der Waals surface area (Å²) >= 11 is 0. The number of primary amides is 1. The number of aromatic nitrogens is 2. The van der Waals surface area contributed by atoms with Gasteiger partial charge >= 0.3 is 0 Å². The van der Waals surface area contributed by atoms with E-state index in [0.717, 1.165) is 12.1 Å². The van der Waals surface area contributed by atoms with Crippen molar-refractivity contribution in [3.63, 3.8) is 0 Å². The van der Waals surface area contributed by atoms with Gasteiger partial charge in [0.1, 0.15) is 0 Å². The molecule has 0 fully saturated rings.